The van der Waals surface area contributed by atoms with Crippen LogP contribution in [0.1, 0.15) is 24.9 Å². The molecule has 2 N–H and O–H groups in total. The molecule has 0 bridgehead atoms. The molecule has 2 unspecified atom stereocenters. The van der Waals surface area contributed by atoms with E-state index in [2.05, 4.69) is 10.6 Å². The Morgan fingerprint density at radius 3 is 3.00 bits per heavy atom. The average molecular weight is 271 g/mol. The van der Waals surface area contributed by atoms with Crippen LogP contribution in [0.5, 0.6) is 0 Å². The Kier molecular flexibility index (Phi) is 4.19. The van der Waals surface area contributed by atoms with Gasteiger partial charge in [-0.25, -0.2) is 4.39 Å². The zero-order valence-corrected chi connectivity index (χ0v) is 10.9. The second kappa shape index (κ2) is 5.67. The first-order valence-corrected chi connectivity index (χ1v) is 6.42. The third kappa shape index (κ3) is 3.00. The molecule has 0 radical (unpaired) electrons. The van der Waals surface area contributed by atoms with E-state index in [-0.39, 0.29) is 22.9 Å². The van der Waals surface area contributed by atoms with Crippen molar-refractivity contribution < 1.29 is 9.18 Å². The Morgan fingerprint density at radius 1 is 1.61 bits per heavy atom. The van der Waals surface area contributed by atoms with Crippen molar-refractivity contribution in [1.29, 1.82) is 0 Å². The molecule has 0 saturated carbocycles. The Morgan fingerprint density at radius 2 is 2.39 bits per heavy atom. The van der Waals surface area contributed by atoms with E-state index < -0.39 is 5.82 Å². The molecule has 3 nitrogen and oxygen atoms in total. The molecule has 1 amide bonds. The van der Waals surface area contributed by atoms with Crippen molar-refractivity contribution in [2.45, 2.75) is 19.4 Å². The first kappa shape index (κ1) is 13.3. The number of rotatable bonds is 3. The molecule has 0 spiro atoms. The highest BCUT2D eigenvalue weighted by Gasteiger charge is 2.23. The summed E-state index contributed by atoms with van der Waals surface area (Å²) >= 11 is 5.72. The van der Waals surface area contributed by atoms with Gasteiger partial charge in [0.15, 0.2) is 0 Å². The Balaban J connectivity index is 2.00. The molecule has 1 saturated heterocycles. The number of hydrogen-bond acceptors (Lipinski definition) is 2. The van der Waals surface area contributed by atoms with E-state index in [9.17, 15) is 9.18 Å². The highest BCUT2D eigenvalue weighted by atomic mass is 35.5. The van der Waals surface area contributed by atoms with E-state index >= 15 is 0 Å². The van der Waals surface area contributed by atoms with Crippen LogP contribution in [0.3, 0.4) is 0 Å². The van der Waals surface area contributed by atoms with Crippen molar-refractivity contribution in [1.82, 2.24) is 10.6 Å². The fraction of sp³-hybridized carbons (Fsp3) is 0.462. The standard InChI is InChI=1S/C13H16ClFN2O/c1-8(9-2-3-12(15)11(14)6-9)17-13(18)10-4-5-16-7-10/h2-3,6,8,10,16H,4-5,7H2,1H3,(H,17,18). The molecule has 0 aliphatic carbocycles. The lowest BCUT2D eigenvalue weighted by Gasteiger charge is -2.17. The average Bonchev–Trinajstić information content (AvgIpc) is 2.86. The van der Waals surface area contributed by atoms with Crippen LogP contribution >= 0.6 is 11.6 Å². The molecular formula is C13H16ClFN2O. The van der Waals surface area contributed by atoms with Crippen LogP contribution in [0.2, 0.25) is 5.02 Å². The Labute approximate surface area is 111 Å². The van der Waals surface area contributed by atoms with Gasteiger partial charge in [-0.3, -0.25) is 4.79 Å². The molecule has 1 heterocycles. The maximum Gasteiger partial charge on any atom is 0.224 e. The predicted molar refractivity (Wildman–Crippen MR) is 68.9 cm³/mol. The lowest BCUT2D eigenvalue weighted by Crippen LogP contribution is -2.33. The first-order chi connectivity index (χ1) is 8.58. The van der Waals surface area contributed by atoms with Gasteiger partial charge in [-0.2, -0.15) is 0 Å². The molecule has 18 heavy (non-hydrogen) atoms. The summed E-state index contributed by atoms with van der Waals surface area (Å²) in [5.41, 5.74) is 0.806. The number of halogens is 2. The van der Waals surface area contributed by atoms with Crippen LogP contribution in [0.4, 0.5) is 4.39 Å². The van der Waals surface area contributed by atoms with Gasteiger partial charge in [-0.05, 0) is 37.6 Å². The molecule has 1 fully saturated rings. The number of amides is 1. The summed E-state index contributed by atoms with van der Waals surface area (Å²) in [6.45, 7) is 3.47. The van der Waals surface area contributed by atoms with Crippen LogP contribution in [0.15, 0.2) is 18.2 Å². The minimum Gasteiger partial charge on any atom is -0.349 e. The first-order valence-electron chi connectivity index (χ1n) is 6.04. The van der Waals surface area contributed by atoms with Gasteiger partial charge in [0, 0.05) is 6.54 Å². The van der Waals surface area contributed by atoms with Gasteiger partial charge < -0.3 is 10.6 Å². The van der Waals surface area contributed by atoms with Crippen molar-refractivity contribution in [2.24, 2.45) is 5.92 Å². The van der Waals surface area contributed by atoms with E-state index in [1.807, 2.05) is 6.92 Å². The van der Waals surface area contributed by atoms with Gasteiger partial charge in [0.2, 0.25) is 5.91 Å². The van der Waals surface area contributed by atoms with Gasteiger partial charge in [-0.15, -0.1) is 0 Å². The SMILES string of the molecule is CC(NC(=O)C1CCNC1)c1ccc(F)c(Cl)c1. The van der Waals surface area contributed by atoms with Crippen LogP contribution < -0.4 is 10.6 Å². The third-order valence-corrected chi connectivity index (χ3v) is 3.52. The number of nitrogens with one attached hydrogen (secondary N) is 2. The minimum absolute atomic E-state index is 0.0309. The van der Waals surface area contributed by atoms with Crippen molar-refractivity contribution in [3.05, 3.63) is 34.6 Å². The summed E-state index contributed by atoms with van der Waals surface area (Å²) in [5.74, 6) is -0.379. The number of hydrogen-bond donors (Lipinski definition) is 2. The molecule has 98 valence electrons. The normalized spacial score (nSPS) is 20.7. The summed E-state index contributed by atoms with van der Waals surface area (Å²) in [5, 5.41) is 6.16. The van der Waals surface area contributed by atoms with Crippen LogP contribution in [0, 0.1) is 11.7 Å². The van der Waals surface area contributed by atoms with Crippen molar-refractivity contribution >= 4 is 17.5 Å². The molecule has 1 aliphatic rings. The predicted octanol–water partition coefficient (Wildman–Crippen LogP) is 2.27. The Hall–Kier alpha value is -1.13. The second-order valence-corrected chi connectivity index (χ2v) is 5.00. The van der Waals surface area contributed by atoms with Gasteiger partial charge in [0.25, 0.3) is 0 Å². The monoisotopic (exact) mass is 270 g/mol. The number of benzene rings is 1. The van der Waals surface area contributed by atoms with Gasteiger partial charge >= 0.3 is 0 Å². The quantitative estimate of drug-likeness (QED) is 0.885. The topological polar surface area (TPSA) is 41.1 Å². The lowest BCUT2D eigenvalue weighted by molar-refractivity contribution is -0.125. The Bertz CT molecular complexity index is 447. The number of carbonyl (C=O) groups excluding carboxylic acids is 1. The molecule has 1 aromatic carbocycles. The van der Waals surface area contributed by atoms with Gasteiger partial charge in [0.1, 0.15) is 5.82 Å². The fourth-order valence-electron chi connectivity index (χ4n) is 2.07. The maximum absolute atomic E-state index is 13.0. The van der Waals surface area contributed by atoms with Crippen molar-refractivity contribution in [3.8, 4) is 0 Å². The summed E-state index contributed by atoms with van der Waals surface area (Å²) in [4.78, 5) is 11.9. The molecular weight excluding hydrogens is 255 g/mol. The largest absolute Gasteiger partial charge is 0.349 e. The highest BCUT2D eigenvalue weighted by molar-refractivity contribution is 6.30. The van der Waals surface area contributed by atoms with E-state index in [1.54, 1.807) is 12.1 Å². The zero-order chi connectivity index (χ0) is 13.1. The minimum atomic E-state index is -0.445. The smallest absolute Gasteiger partial charge is 0.224 e. The number of carbonyl (C=O) groups is 1. The lowest BCUT2D eigenvalue weighted by atomic mass is 10.1. The molecule has 2 atom stereocenters. The van der Waals surface area contributed by atoms with Crippen molar-refractivity contribution in [2.75, 3.05) is 13.1 Å². The molecule has 1 aromatic rings. The van der Waals surface area contributed by atoms with E-state index in [0.717, 1.165) is 25.1 Å². The third-order valence-electron chi connectivity index (χ3n) is 3.23. The second-order valence-electron chi connectivity index (χ2n) is 4.59. The molecule has 2 rings (SSSR count). The highest BCUT2D eigenvalue weighted by Crippen LogP contribution is 2.21. The maximum atomic E-state index is 13.0. The summed E-state index contributed by atoms with van der Waals surface area (Å²) in [7, 11) is 0. The van der Waals surface area contributed by atoms with Crippen LogP contribution in [0.25, 0.3) is 0 Å². The molecule has 5 heteroatoms. The van der Waals surface area contributed by atoms with Gasteiger partial charge in [0.05, 0.1) is 17.0 Å². The summed E-state index contributed by atoms with van der Waals surface area (Å²) in [6.07, 6.45) is 0.864. The van der Waals surface area contributed by atoms with Crippen molar-refractivity contribution in [3.63, 3.8) is 0 Å². The molecule has 1 aliphatic heterocycles. The fourth-order valence-corrected chi connectivity index (χ4v) is 2.26. The van der Waals surface area contributed by atoms with Gasteiger partial charge in [-0.1, -0.05) is 17.7 Å². The molecule has 0 aromatic heterocycles. The van der Waals surface area contributed by atoms with E-state index in [1.165, 1.54) is 6.07 Å². The summed E-state index contributed by atoms with van der Waals surface area (Å²) in [6, 6.07) is 4.34. The summed E-state index contributed by atoms with van der Waals surface area (Å²) < 4.78 is 13.0. The van der Waals surface area contributed by atoms with E-state index in [4.69, 9.17) is 11.6 Å². The van der Waals surface area contributed by atoms with E-state index in [0.29, 0.717) is 0 Å². The van der Waals surface area contributed by atoms with Crippen LogP contribution in [-0.4, -0.2) is 19.0 Å². The van der Waals surface area contributed by atoms with Crippen LogP contribution in [-0.2, 0) is 4.79 Å². The zero-order valence-electron chi connectivity index (χ0n) is 10.2.